The van der Waals surface area contributed by atoms with Crippen molar-refractivity contribution in [3.63, 3.8) is 0 Å². The van der Waals surface area contributed by atoms with Crippen LogP contribution >= 0.6 is 0 Å². The van der Waals surface area contributed by atoms with Gasteiger partial charge in [-0.25, -0.2) is 4.79 Å². The van der Waals surface area contributed by atoms with Crippen molar-refractivity contribution in [3.05, 3.63) is 29.8 Å². The number of nitrogens with two attached hydrogens (primary N) is 2. The molecule has 2 rings (SSSR count). The van der Waals surface area contributed by atoms with Gasteiger partial charge in [-0.2, -0.15) is 0 Å². The Morgan fingerprint density at radius 1 is 0.919 bits per heavy atom. The van der Waals surface area contributed by atoms with Gasteiger partial charge in [-0.1, -0.05) is 12.1 Å². The lowest BCUT2D eigenvalue weighted by molar-refractivity contribution is -0.142. The number of hydrogen-bond acceptors (Lipinski definition) is 8. The molecule has 1 aliphatic heterocycles. The van der Waals surface area contributed by atoms with Crippen LogP contribution in [0, 0.1) is 0 Å². The van der Waals surface area contributed by atoms with Crippen LogP contribution in [0.5, 0.6) is 5.75 Å². The maximum absolute atomic E-state index is 13.0. The Bertz CT molecular complexity index is 1010. The van der Waals surface area contributed by atoms with Crippen LogP contribution in [0.2, 0.25) is 0 Å². The molecule has 1 aromatic carbocycles. The number of aromatic hydroxyl groups is 1. The van der Waals surface area contributed by atoms with E-state index in [2.05, 4.69) is 21.3 Å². The van der Waals surface area contributed by atoms with Crippen molar-refractivity contribution in [2.24, 2.45) is 11.5 Å². The number of primary amides is 2. The van der Waals surface area contributed by atoms with Gasteiger partial charge in [-0.15, -0.1) is 0 Å². The van der Waals surface area contributed by atoms with E-state index in [0.29, 0.717) is 18.5 Å². The van der Waals surface area contributed by atoms with Gasteiger partial charge in [0.25, 0.3) is 0 Å². The molecule has 0 aliphatic carbocycles. The van der Waals surface area contributed by atoms with Gasteiger partial charge in [0, 0.05) is 12.8 Å². The second-order valence-electron chi connectivity index (χ2n) is 8.72. The molecular formula is C23H32N6O8. The molecule has 37 heavy (non-hydrogen) atoms. The highest BCUT2D eigenvalue weighted by molar-refractivity contribution is 5.96. The van der Waals surface area contributed by atoms with Crippen LogP contribution in [-0.4, -0.2) is 76.4 Å². The third-order valence-electron chi connectivity index (χ3n) is 5.72. The molecule has 0 saturated carbocycles. The number of phenols is 1. The molecule has 1 fully saturated rings. The molecule has 202 valence electrons. The predicted octanol–water partition coefficient (Wildman–Crippen LogP) is -2.63. The first-order valence-corrected chi connectivity index (χ1v) is 11.7. The van der Waals surface area contributed by atoms with Gasteiger partial charge in [0.1, 0.15) is 23.9 Å². The Morgan fingerprint density at radius 2 is 1.54 bits per heavy atom. The van der Waals surface area contributed by atoms with Crippen molar-refractivity contribution < 1.29 is 39.0 Å². The number of phenolic OH excluding ortho intramolecular Hbond substituents is 1. The van der Waals surface area contributed by atoms with E-state index < -0.39 is 66.1 Å². The van der Waals surface area contributed by atoms with Gasteiger partial charge in [0.2, 0.25) is 29.5 Å². The Morgan fingerprint density at radius 3 is 2.08 bits per heavy atom. The fourth-order valence-corrected chi connectivity index (χ4v) is 3.76. The molecule has 0 spiro atoms. The van der Waals surface area contributed by atoms with Crippen molar-refractivity contribution in [3.8, 4) is 5.75 Å². The minimum Gasteiger partial charge on any atom is -0.508 e. The fraction of sp³-hybridized carbons (Fsp3) is 0.478. The molecular weight excluding hydrogens is 488 g/mol. The summed E-state index contributed by atoms with van der Waals surface area (Å²) in [6, 6.07) is 0.940. The predicted molar refractivity (Wildman–Crippen MR) is 129 cm³/mol. The van der Waals surface area contributed by atoms with E-state index in [0.717, 1.165) is 6.42 Å². The smallest absolute Gasteiger partial charge is 0.326 e. The van der Waals surface area contributed by atoms with Crippen LogP contribution in [-0.2, 0) is 35.2 Å². The molecule has 14 nitrogen and oxygen atoms in total. The summed E-state index contributed by atoms with van der Waals surface area (Å²) < 4.78 is 0. The monoisotopic (exact) mass is 520 g/mol. The fourth-order valence-electron chi connectivity index (χ4n) is 3.76. The van der Waals surface area contributed by atoms with Crippen LogP contribution in [0.3, 0.4) is 0 Å². The van der Waals surface area contributed by atoms with E-state index in [-0.39, 0.29) is 25.0 Å². The zero-order valence-electron chi connectivity index (χ0n) is 20.1. The minimum absolute atomic E-state index is 0.0183. The van der Waals surface area contributed by atoms with Crippen molar-refractivity contribution >= 4 is 35.5 Å². The molecule has 1 saturated heterocycles. The van der Waals surface area contributed by atoms with Gasteiger partial charge >= 0.3 is 5.97 Å². The first kappa shape index (κ1) is 29.0. The maximum atomic E-state index is 13.0. The zero-order valence-corrected chi connectivity index (χ0v) is 20.1. The Balaban J connectivity index is 2.14. The molecule has 14 heteroatoms. The molecule has 5 amide bonds. The lowest BCUT2D eigenvalue weighted by Crippen LogP contribution is -2.58. The maximum Gasteiger partial charge on any atom is 0.326 e. The molecule has 4 unspecified atom stereocenters. The highest BCUT2D eigenvalue weighted by Gasteiger charge is 2.32. The van der Waals surface area contributed by atoms with Gasteiger partial charge < -0.3 is 42.9 Å². The summed E-state index contributed by atoms with van der Waals surface area (Å²) in [5.74, 6) is -5.36. The van der Waals surface area contributed by atoms with E-state index in [1.165, 1.54) is 24.3 Å². The van der Waals surface area contributed by atoms with Crippen molar-refractivity contribution in [2.75, 3.05) is 6.54 Å². The van der Waals surface area contributed by atoms with Gasteiger partial charge in [-0.05, 0) is 43.5 Å². The summed E-state index contributed by atoms with van der Waals surface area (Å²) in [6.45, 7) is 0.620. The number of carbonyl (C=O) groups excluding carboxylic acids is 5. The second kappa shape index (κ2) is 13.8. The number of carboxylic acids is 1. The molecule has 0 bridgehead atoms. The highest BCUT2D eigenvalue weighted by atomic mass is 16.4. The largest absolute Gasteiger partial charge is 0.508 e. The Hall–Kier alpha value is -4.20. The van der Waals surface area contributed by atoms with E-state index in [9.17, 15) is 39.0 Å². The average Bonchev–Trinajstić information content (AvgIpc) is 3.36. The Labute approximate surface area is 212 Å². The van der Waals surface area contributed by atoms with Gasteiger partial charge in [0.05, 0.1) is 12.5 Å². The molecule has 10 N–H and O–H groups in total. The third kappa shape index (κ3) is 9.76. The SMILES string of the molecule is NC(=O)CCC(NC(=O)C(CC(N)=O)NC(=O)C1CCCN1)C(=O)NC(Cc1ccc(O)cc1)C(=O)O. The molecule has 4 atom stereocenters. The summed E-state index contributed by atoms with van der Waals surface area (Å²) in [7, 11) is 0. The number of carbonyl (C=O) groups is 6. The third-order valence-corrected chi connectivity index (χ3v) is 5.72. The van der Waals surface area contributed by atoms with Crippen molar-refractivity contribution in [2.45, 2.75) is 62.7 Å². The number of benzene rings is 1. The van der Waals surface area contributed by atoms with Crippen LogP contribution in [0.4, 0.5) is 0 Å². The zero-order chi connectivity index (χ0) is 27.5. The number of nitrogens with one attached hydrogen (secondary N) is 4. The number of aliphatic carboxylic acids is 1. The van der Waals surface area contributed by atoms with Crippen LogP contribution in [0.1, 0.15) is 37.7 Å². The average molecular weight is 521 g/mol. The second-order valence-corrected chi connectivity index (χ2v) is 8.72. The number of carboxylic acid groups (broad SMARTS) is 1. The molecule has 0 radical (unpaired) electrons. The quantitative estimate of drug-likeness (QED) is 0.128. The molecule has 1 aromatic rings. The summed E-state index contributed by atoms with van der Waals surface area (Å²) in [5, 5.41) is 29.1. The summed E-state index contributed by atoms with van der Waals surface area (Å²) in [6.07, 6.45) is 0.0411. The Kier molecular flexibility index (Phi) is 10.8. The van der Waals surface area contributed by atoms with E-state index in [4.69, 9.17) is 11.5 Å². The number of amides is 5. The van der Waals surface area contributed by atoms with Crippen LogP contribution < -0.4 is 32.7 Å². The van der Waals surface area contributed by atoms with Gasteiger partial charge in [0.15, 0.2) is 0 Å². The van der Waals surface area contributed by atoms with Crippen molar-refractivity contribution in [1.29, 1.82) is 0 Å². The summed E-state index contributed by atoms with van der Waals surface area (Å²) >= 11 is 0. The van der Waals surface area contributed by atoms with Crippen LogP contribution in [0.15, 0.2) is 24.3 Å². The first-order chi connectivity index (χ1) is 17.5. The molecule has 1 aliphatic rings. The van der Waals surface area contributed by atoms with E-state index in [1.54, 1.807) is 0 Å². The van der Waals surface area contributed by atoms with Crippen LogP contribution in [0.25, 0.3) is 0 Å². The highest BCUT2D eigenvalue weighted by Crippen LogP contribution is 2.12. The minimum atomic E-state index is -1.40. The summed E-state index contributed by atoms with van der Waals surface area (Å²) in [5.41, 5.74) is 10.9. The van der Waals surface area contributed by atoms with E-state index in [1.807, 2.05) is 0 Å². The number of rotatable bonds is 14. The number of hydrogen-bond donors (Lipinski definition) is 8. The lowest BCUT2D eigenvalue weighted by Gasteiger charge is -2.24. The normalized spacial score (nSPS) is 17.1. The van der Waals surface area contributed by atoms with Crippen molar-refractivity contribution in [1.82, 2.24) is 21.3 Å². The van der Waals surface area contributed by atoms with E-state index >= 15 is 0 Å². The molecule has 1 heterocycles. The molecule has 0 aromatic heterocycles. The van der Waals surface area contributed by atoms with Gasteiger partial charge in [-0.3, -0.25) is 24.0 Å². The standard InChI is InChI=1S/C23H32N6O8/c24-18(31)8-7-15(21(34)29-17(23(36)37)10-12-3-5-13(30)6-4-12)27-22(35)16(11-19(25)32)28-20(33)14-2-1-9-26-14/h3-6,14-17,26,30H,1-2,7-11H2,(H2,24,31)(H2,25,32)(H,27,35)(H,28,33)(H,29,34)(H,36,37). The summed E-state index contributed by atoms with van der Waals surface area (Å²) in [4.78, 5) is 73.0. The lowest BCUT2D eigenvalue weighted by atomic mass is 10.0. The first-order valence-electron chi connectivity index (χ1n) is 11.7. The topological polar surface area (TPSA) is 243 Å².